The van der Waals surface area contributed by atoms with Crippen LogP contribution in [0, 0.1) is 5.92 Å². The Hall–Kier alpha value is -2.29. The van der Waals surface area contributed by atoms with Crippen molar-refractivity contribution in [3.05, 3.63) is 29.8 Å². The number of carbonyl (C=O) groups excluding carboxylic acids is 2. The van der Waals surface area contributed by atoms with Crippen molar-refractivity contribution >= 4 is 11.8 Å². The number of hydrogen-bond acceptors (Lipinski definition) is 4. The first-order valence-corrected chi connectivity index (χ1v) is 8.01. The predicted octanol–water partition coefficient (Wildman–Crippen LogP) is 2.14. The van der Waals surface area contributed by atoms with Gasteiger partial charge in [-0.2, -0.15) is 13.2 Å². The van der Waals surface area contributed by atoms with Crippen molar-refractivity contribution in [3.8, 4) is 5.75 Å². The van der Waals surface area contributed by atoms with Gasteiger partial charge in [0.1, 0.15) is 18.4 Å². The van der Waals surface area contributed by atoms with Gasteiger partial charge in [-0.25, -0.2) is 0 Å². The Morgan fingerprint density at radius 2 is 1.77 bits per heavy atom. The second-order valence-electron chi connectivity index (χ2n) is 5.88. The summed E-state index contributed by atoms with van der Waals surface area (Å²) in [4.78, 5) is 24.5. The lowest BCUT2D eigenvalue weighted by molar-refractivity contribution is -0.173. The van der Waals surface area contributed by atoms with E-state index in [1.165, 1.54) is 7.11 Å². The van der Waals surface area contributed by atoms with Crippen LogP contribution in [-0.2, 0) is 9.53 Å². The Morgan fingerprint density at radius 3 is 2.27 bits per heavy atom. The fourth-order valence-electron chi connectivity index (χ4n) is 2.05. The number of ether oxygens (including phenoxy) is 2. The fourth-order valence-corrected chi connectivity index (χ4v) is 2.05. The molecule has 1 atom stereocenters. The lowest BCUT2D eigenvalue weighted by atomic mass is 10.0. The van der Waals surface area contributed by atoms with Crippen LogP contribution in [0.3, 0.4) is 0 Å². The SMILES string of the molecule is COc1ccc(C(=O)NC(C(=O)NCCOCC(F)(F)F)C(C)C)cc1. The Labute approximate surface area is 150 Å². The molecule has 0 heterocycles. The Morgan fingerprint density at radius 1 is 1.15 bits per heavy atom. The van der Waals surface area contributed by atoms with E-state index >= 15 is 0 Å². The van der Waals surface area contributed by atoms with Crippen molar-refractivity contribution in [2.75, 3.05) is 26.9 Å². The van der Waals surface area contributed by atoms with Crippen LogP contribution >= 0.6 is 0 Å². The van der Waals surface area contributed by atoms with E-state index in [4.69, 9.17) is 4.74 Å². The van der Waals surface area contributed by atoms with Crippen LogP contribution in [0.25, 0.3) is 0 Å². The van der Waals surface area contributed by atoms with E-state index in [1.54, 1.807) is 38.1 Å². The number of rotatable bonds is 9. The van der Waals surface area contributed by atoms with Gasteiger partial charge in [-0.3, -0.25) is 9.59 Å². The first kappa shape index (κ1) is 21.8. The van der Waals surface area contributed by atoms with E-state index in [2.05, 4.69) is 15.4 Å². The Bertz CT molecular complexity index is 589. The van der Waals surface area contributed by atoms with Crippen LogP contribution < -0.4 is 15.4 Å². The third-order valence-electron chi connectivity index (χ3n) is 3.40. The highest BCUT2D eigenvalue weighted by Crippen LogP contribution is 2.14. The summed E-state index contributed by atoms with van der Waals surface area (Å²) in [5.74, 6) is -0.542. The van der Waals surface area contributed by atoms with Gasteiger partial charge in [0.15, 0.2) is 0 Å². The molecular formula is C17H23F3N2O4. The van der Waals surface area contributed by atoms with Gasteiger partial charge in [0.25, 0.3) is 5.91 Å². The maximum absolute atomic E-state index is 12.3. The Kier molecular flexibility index (Phi) is 8.37. The van der Waals surface area contributed by atoms with E-state index in [1.807, 2.05) is 0 Å². The van der Waals surface area contributed by atoms with Crippen molar-refractivity contribution in [2.45, 2.75) is 26.1 Å². The summed E-state index contributed by atoms with van der Waals surface area (Å²) in [6.07, 6.45) is -4.41. The van der Waals surface area contributed by atoms with Crippen LogP contribution in [0.4, 0.5) is 13.2 Å². The van der Waals surface area contributed by atoms with Crippen molar-refractivity contribution < 1.29 is 32.2 Å². The molecule has 1 aromatic carbocycles. The Balaban J connectivity index is 2.53. The van der Waals surface area contributed by atoms with Crippen molar-refractivity contribution in [1.29, 1.82) is 0 Å². The maximum atomic E-state index is 12.3. The van der Waals surface area contributed by atoms with Crippen molar-refractivity contribution in [3.63, 3.8) is 0 Å². The molecule has 0 saturated carbocycles. The van der Waals surface area contributed by atoms with Crippen molar-refractivity contribution in [2.24, 2.45) is 5.92 Å². The highest BCUT2D eigenvalue weighted by atomic mass is 19.4. The largest absolute Gasteiger partial charge is 0.497 e. The standard InChI is InChI=1S/C17H23F3N2O4/c1-11(2)14(16(24)21-8-9-26-10-17(18,19)20)22-15(23)12-4-6-13(25-3)7-5-12/h4-7,11,14H,8-10H2,1-3H3,(H,21,24)(H,22,23). The number of nitrogens with one attached hydrogen (secondary N) is 2. The summed E-state index contributed by atoms with van der Waals surface area (Å²) in [6.45, 7) is 1.76. The van der Waals surface area contributed by atoms with Crippen LogP contribution in [0.5, 0.6) is 5.75 Å². The number of alkyl halides is 3. The average Bonchev–Trinajstić information content (AvgIpc) is 2.57. The summed E-state index contributed by atoms with van der Waals surface area (Å²) in [5.41, 5.74) is 0.359. The van der Waals surface area contributed by atoms with Gasteiger partial charge in [0.2, 0.25) is 5.91 Å². The highest BCUT2D eigenvalue weighted by molar-refractivity contribution is 5.97. The van der Waals surface area contributed by atoms with Gasteiger partial charge in [-0.1, -0.05) is 13.8 Å². The lowest BCUT2D eigenvalue weighted by Gasteiger charge is -2.22. The maximum Gasteiger partial charge on any atom is 0.411 e. The molecule has 1 aromatic rings. The topological polar surface area (TPSA) is 76.7 Å². The van der Waals surface area contributed by atoms with Gasteiger partial charge < -0.3 is 20.1 Å². The molecule has 26 heavy (non-hydrogen) atoms. The molecule has 1 rings (SSSR count). The zero-order chi connectivity index (χ0) is 19.7. The number of hydrogen-bond donors (Lipinski definition) is 2. The molecule has 0 fully saturated rings. The van der Waals surface area contributed by atoms with Gasteiger partial charge in [0.05, 0.1) is 13.7 Å². The normalized spacial score (nSPS) is 12.6. The summed E-state index contributed by atoms with van der Waals surface area (Å²) in [7, 11) is 1.51. The first-order valence-electron chi connectivity index (χ1n) is 8.01. The molecule has 0 bridgehead atoms. The first-order chi connectivity index (χ1) is 12.1. The number of benzene rings is 1. The second kappa shape index (κ2) is 10.0. The summed E-state index contributed by atoms with van der Waals surface area (Å²) in [5, 5.41) is 5.08. The van der Waals surface area contributed by atoms with Gasteiger partial charge in [0, 0.05) is 12.1 Å². The third kappa shape index (κ3) is 7.73. The zero-order valence-electron chi connectivity index (χ0n) is 14.9. The van der Waals surface area contributed by atoms with Crippen molar-refractivity contribution in [1.82, 2.24) is 10.6 Å². The summed E-state index contributed by atoms with van der Waals surface area (Å²) in [6, 6.07) is 5.55. The summed E-state index contributed by atoms with van der Waals surface area (Å²) < 4.78 is 45.3. The van der Waals surface area contributed by atoms with E-state index in [0.29, 0.717) is 11.3 Å². The molecule has 0 radical (unpaired) electrons. The minimum absolute atomic E-state index is 0.0868. The van der Waals surface area contributed by atoms with E-state index in [-0.39, 0.29) is 19.1 Å². The monoisotopic (exact) mass is 376 g/mol. The quantitative estimate of drug-likeness (QED) is 0.648. The van der Waals surface area contributed by atoms with Crippen LogP contribution in [0.1, 0.15) is 24.2 Å². The molecule has 146 valence electrons. The molecule has 6 nitrogen and oxygen atoms in total. The molecule has 0 aliphatic carbocycles. The lowest BCUT2D eigenvalue weighted by Crippen LogP contribution is -2.50. The molecule has 1 unspecified atom stereocenters. The molecule has 0 aliphatic rings. The smallest absolute Gasteiger partial charge is 0.411 e. The van der Waals surface area contributed by atoms with Gasteiger partial charge >= 0.3 is 6.18 Å². The van der Waals surface area contributed by atoms with Gasteiger partial charge in [-0.05, 0) is 30.2 Å². The van der Waals surface area contributed by atoms with Gasteiger partial charge in [-0.15, -0.1) is 0 Å². The number of methoxy groups -OCH3 is 1. The van der Waals surface area contributed by atoms with E-state index < -0.39 is 30.6 Å². The predicted molar refractivity (Wildman–Crippen MR) is 89.0 cm³/mol. The average molecular weight is 376 g/mol. The van der Waals surface area contributed by atoms with Crippen LogP contribution in [-0.4, -0.2) is 50.9 Å². The molecule has 0 saturated heterocycles. The van der Waals surface area contributed by atoms with Crippen LogP contribution in [0.2, 0.25) is 0 Å². The van der Waals surface area contributed by atoms with Crippen LogP contribution in [0.15, 0.2) is 24.3 Å². The molecule has 9 heteroatoms. The number of halogens is 3. The second-order valence-corrected chi connectivity index (χ2v) is 5.88. The molecule has 0 aromatic heterocycles. The molecule has 0 aliphatic heterocycles. The van der Waals surface area contributed by atoms with E-state index in [9.17, 15) is 22.8 Å². The molecular weight excluding hydrogens is 353 g/mol. The number of carbonyl (C=O) groups is 2. The minimum atomic E-state index is -4.41. The molecule has 0 spiro atoms. The minimum Gasteiger partial charge on any atom is -0.497 e. The van der Waals surface area contributed by atoms with E-state index in [0.717, 1.165) is 0 Å². The summed E-state index contributed by atoms with van der Waals surface area (Å²) >= 11 is 0. The fraction of sp³-hybridized carbons (Fsp3) is 0.529. The zero-order valence-corrected chi connectivity index (χ0v) is 14.9. The molecule has 2 N–H and O–H groups in total. The highest BCUT2D eigenvalue weighted by Gasteiger charge is 2.27. The third-order valence-corrected chi connectivity index (χ3v) is 3.40. The number of amides is 2. The molecule has 2 amide bonds.